The van der Waals surface area contributed by atoms with Gasteiger partial charge in [0.15, 0.2) is 6.29 Å². The van der Waals surface area contributed by atoms with Crippen molar-refractivity contribution in [1.29, 1.82) is 0 Å². The molecule has 4 heterocycles. The van der Waals surface area contributed by atoms with Gasteiger partial charge in [0.25, 0.3) is 0 Å². The molecule has 0 aliphatic carbocycles. The molecule has 120 valence electrons. The van der Waals surface area contributed by atoms with Crippen LogP contribution in [0, 0.1) is 0 Å². The largest absolute Gasteiger partial charge is 0.390 e. The number of ether oxygens (including phenoxy) is 2. The van der Waals surface area contributed by atoms with Gasteiger partial charge in [-0.1, -0.05) is 0 Å². The summed E-state index contributed by atoms with van der Waals surface area (Å²) in [6.07, 6.45) is 5.13. The van der Waals surface area contributed by atoms with E-state index in [0.29, 0.717) is 13.2 Å². The predicted octanol–water partition coefficient (Wildman–Crippen LogP) is 0.120. The summed E-state index contributed by atoms with van der Waals surface area (Å²) in [5.74, 6) is 0. The third kappa shape index (κ3) is 2.66. The molecule has 4 rings (SSSR count). The maximum Gasteiger partial charge on any atom is 0.176 e. The van der Waals surface area contributed by atoms with Gasteiger partial charge in [-0.2, -0.15) is 0 Å². The van der Waals surface area contributed by atoms with E-state index in [1.54, 1.807) is 12.4 Å². The third-order valence-corrected chi connectivity index (χ3v) is 4.98. The second-order valence-electron chi connectivity index (χ2n) is 6.36. The van der Waals surface area contributed by atoms with Gasteiger partial charge in [0.1, 0.15) is 6.10 Å². The van der Waals surface area contributed by atoms with Crippen molar-refractivity contribution in [3.8, 4) is 0 Å². The van der Waals surface area contributed by atoms with Gasteiger partial charge in [-0.25, -0.2) is 0 Å². The van der Waals surface area contributed by atoms with Crippen molar-refractivity contribution >= 4 is 0 Å². The summed E-state index contributed by atoms with van der Waals surface area (Å²) in [6, 6.07) is 3.80. The molecule has 0 unspecified atom stereocenters. The molecule has 1 aromatic heterocycles. The van der Waals surface area contributed by atoms with E-state index in [9.17, 15) is 5.11 Å². The number of fused-ring (bicyclic) bond motifs is 2. The number of aromatic nitrogens is 1. The van der Waals surface area contributed by atoms with Gasteiger partial charge in [0, 0.05) is 18.9 Å². The number of rotatable bonds is 4. The minimum Gasteiger partial charge on any atom is -0.390 e. The Bertz CT molecular complexity index is 493. The van der Waals surface area contributed by atoms with Crippen molar-refractivity contribution in [2.24, 2.45) is 0 Å². The van der Waals surface area contributed by atoms with E-state index in [-0.39, 0.29) is 24.5 Å². The summed E-state index contributed by atoms with van der Waals surface area (Å²) < 4.78 is 11.8. The number of pyridine rings is 1. The van der Waals surface area contributed by atoms with Crippen LogP contribution in [-0.4, -0.2) is 65.3 Å². The molecular weight excluding hydrogens is 282 g/mol. The van der Waals surface area contributed by atoms with Crippen LogP contribution < -0.4 is 5.32 Å². The molecule has 5 atom stereocenters. The molecule has 0 aromatic carbocycles. The van der Waals surface area contributed by atoms with E-state index in [1.807, 2.05) is 12.1 Å². The SMILES string of the molecule is O[C@H]1[C@@H](NCc2ccncc2)[C@@H]2CO[C@H](O2)[C@@H]1N1CCCC1. The Labute approximate surface area is 130 Å². The topological polar surface area (TPSA) is 66.8 Å². The van der Waals surface area contributed by atoms with E-state index in [0.717, 1.165) is 18.7 Å². The summed E-state index contributed by atoms with van der Waals surface area (Å²) in [5.41, 5.74) is 1.15. The lowest BCUT2D eigenvalue weighted by Crippen LogP contribution is -2.63. The minimum atomic E-state index is -0.466. The average Bonchev–Trinajstić information content (AvgIpc) is 3.20. The normalized spacial score (nSPS) is 38.5. The van der Waals surface area contributed by atoms with Crippen LogP contribution in [0.15, 0.2) is 24.5 Å². The van der Waals surface area contributed by atoms with E-state index in [4.69, 9.17) is 9.47 Å². The Hall–Kier alpha value is -1.05. The number of aliphatic hydroxyl groups excluding tert-OH is 1. The van der Waals surface area contributed by atoms with Crippen LogP contribution in [-0.2, 0) is 16.0 Å². The van der Waals surface area contributed by atoms with Crippen LogP contribution >= 0.6 is 0 Å². The maximum absolute atomic E-state index is 10.9. The lowest BCUT2D eigenvalue weighted by atomic mass is 9.95. The van der Waals surface area contributed by atoms with Crippen LogP contribution in [0.1, 0.15) is 18.4 Å². The van der Waals surface area contributed by atoms with Crippen LogP contribution in [0.5, 0.6) is 0 Å². The van der Waals surface area contributed by atoms with Crippen LogP contribution in [0.4, 0.5) is 0 Å². The lowest BCUT2D eigenvalue weighted by molar-refractivity contribution is -0.179. The summed E-state index contributed by atoms with van der Waals surface area (Å²) in [7, 11) is 0. The van der Waals surface area contributed by atoms with E-state index < -0.39 is 6.10 Å². The standard InChI is InChI=1S/C16H23N3O3/c20-15-13(18-9-11-3-5-17-6-4-11)12-10-21-16(22-12)14(15)19-7-1-2-8-19/h3-6,12-16,18,20H,1-2,7-10H2/t12-,13-,14+,15-,16+/m0/s1. The molecule has 6 nitrogen and oxygen atoms in total. The van der Waals surface area contributed by atoms with Crippen molar-refractivity contribution in [3.63, 3.8) is 0 Å². The zero-order valence-electron chi connectivity index (χ0n) is 12.6. The Morgan fingerprint density at radius 3 is 2.82 bits per heavy atom. The van der Waals surface area contributed by atoms with Crippen molar-refractivity contribution in [2.75, 3.05) is 19.7 Å². The number of hydrogen-bond donors (Lipinski definition) is 2. The Morgan fingerprint density at radius 1 is 1.27 bits per heavy atom. The zero-order chi connectivity index (χ0) is 14.9. The summed E-state index contributed by atoms with van der Waals surface area (Å²) in [5, 5.41) is 14.3. The first-order valence-corrected chi connectivity index (χ1v) is 8.14. The Morgan fingerprint density at radius 2 is 2.05 bits per heavy atom. The highest BCUT2D eigenvalue weighted by Gasteiger charge is 2.52. The smallest absolute Gasteiger partial charge is 0.176 e. The van der Waals surface area contributed by atoms with Crippen LogP contribution in [0.25, 0.3) is 0 Å². The fourth-order valence-electron chi connectivity index (χ4n) is 3.82. The zero-order valence-corrected chi connectivity index (χ0v) is 12.6. The maximum atomic E-state index is 10.9. The molecule has 3 aliphatic heterocycles. The highest BCUT2D eigenvalue weighted by molar-refractivity contribution is 5.10. The summed E-state index contributed by atoms with van der Waals surface area (Å²) in [4.78, 5) is 6.35. The fraction of sp³-hybridized carbons (Fsp3) is 0.688. The summed E-state index contributed by atoms with van der Waals surface area (Å²) >= 11 is 0. The van der Waals surface area contributed by atoms with Gasteiger partial charge in [-0.3, -0.25) is 9.88 Å². The van der Waals surface area contributed by atoms with Gasteiger partial charge >= 0.3 is 0 Å². The molecule has 2 bridgehead atoms. The van der Waals surface area contributed by atoms with E-state index in [2.05, 4.69) is 15.2 Å². The summed E-state index contributed by atoms with van der Waals surface area (Å²) in [6.45, 7) is 3.29. The lowest BCUT2D eigenvalue weighted by Gasteiger charge is -2.42. The highest BCUT2D eigenvalue weighted by atomic mass is 16.7. The Kier molecular flexibility index (Phi) is 4.11. The molecule has 6 heteroatoms. The number of hydrogen-bond acceptors (Lipinski definition) is 6. The second-order valence-corrected chi connectivity index (χ2v) is 6.36. The van der Waals surface area contributed by atoms with Crippen molar-refractivity contribution in [3.05, 3.63) is 30.1 Å². The molecular formula is C16H23N3O3. The number of nitrogens with zero attached hydrogens (tertiary/aromatic N) is 2. The molecule has 22 heavy (non-hydrogen) atoms. The van der Waals surface area contributed by atoms with Crippen molar-refractivity contribution in [2.45, 2.75) is 50.0 Å². The van der Waals surface area contributed by atoms with Gasteiger partial charge < -0.3 is 19.9 Å². The van der Waals surface area contributed by atoms with Gasteiger partial charge in [-0.15, -0.1) is 0 Å². The van der Waals surface area contributed by atoms with Crippen LogP contribution in [0.2, 0.25) is 0 Å². The minimum absolute atomic E-state index is 0.0591. The predicted molar refractivity (Wildman–Crippen MR) is 80.1 cm³/mol. The first kappa shape index (κ1) is 14.5. The molecule has 0 spiro atoms. The molecule has 2 N–H and O–H groups in total. The molecule has 1 aromatic rings. The van der Waals surface area contributed by atoms with Crippen molar-refractivity contribution in [1.82, 2.24) is 15.2 Å². The average molecular weight is 305 g/mol. The third-order valence-electron chi connectivity index (χ3n) is 4.98. The number of likely N-dealkylation sites (tertiary alicyclic amines) is 1. The monoisotopic (exact) mass is 305 g/mol. The molecule has 3 saturated heterocycles. The molecule has 3 fully saturated rings. The molecule has 0 amide bonds. The van der Waals surface area contributed by atoms with E-state index in [1.165, 1.54) is 12.8 Å². The quantitative estimate of drug-likeness (QED) is 0.824. The van der Waals surface area contributed by atoms with Crippen LogP contribution in [0.3, 0.4) is 0 Å². The molecule has 0 saturated carbocycles. The Balaban J connectivity index is 1.46. The van der Waals surface area contributed by atoms with Gasteiger partial charge in [-0.05, 0) is 43.6 Å². The van der Waals surface area contributed by atoms with Crippen molar-refractivity contribution < 1.29 is 14.6 Å². The molecule has 0 radical (unpaired) electrons. The first-order chi connectivity index (χ1) is 10.8. The second kappa shape index (κ2) is 6.22. The fourth-order valence-corrected chi connectivity index (χ4v) is 3.82. The molecule has 3 aliphatic rings. The highest BCUT2D eigenvalue weighted by Crippen LogP contribution is 2.33. The van der Waals surface area contributed by atoms with E-state index >= 15 is 0 Å². The van der Waals surface area contributed by atoms with Gasteiger partial charge in [0.2, 0.25) is 0 Å². The van der Waals surface area contributed by atoms with Gasteiger partial charge in [0.05, 0.1) is 24.8 Å². The first-order valence-electron chi connectivity index (χ1n) is 8.14. The number of nitrogens with one attached hydrogen (secondary N) is 1. The number of aliphatic hydroxyl groups is 1.